The molecule has 0 atom stereocenters. The largest absolute Gasteiger partial charge is 0.435 e. The quantitative estimate of drug-likeness (QED) is 0.642. The highest BCUT2D eigenvalue weighted by atomic mass is 35.5. The van der Waals surface area contributed by atoms with Gasteiger partial charge in [0.05, 0.1) is 18.5 Å². The maximum absolute atomic E-state index is 13.1. The van der Waals surface area contributed by atoms with Crippen LogP contribution in [0.3, 0.4) is 0 Å². The molecule has 0 saturated carbocycles. The van der Waals surface area contributed by atoms with Crippen LogP contribution in [0.25, 0.3) is 0 Å². The molecule has 1 N–H and O–H groups in total. The van der Waals surface area contributed by atoms with E-state index >= 15 is 0 Å². The number of nitrogens with one attached hydrogen (secondary N) is 1. The molecule has 160 valence electrons. The van der Waals surface area contributed by atoms with Crippen molar-refractivity contribution in [3.05, 3.63) is 76.1 Å². The summed E-state index contributed by atoms with van der Waals surface area (Å²) in [4.78, 5) is 26.3. The number of carbonyl (C=O) groups excluding carboxylic acids is 2. The Morgan fingerprint density at radius 3 is 2.58 bits per heavy atom. The molecule has 0 saturated heterocycles. The SMILES string of the molecule is Cn1cc(C(=O)Nc2ccc(CN3C(=O)Cc4ccc(Cl)cc43)cc2)c(C(F)(F)F)n1. The lowest BCUT2D eigenvalue weighted by molar-refractivity contribution is -0.141. The van der Waals surface area contributed by atoms with Crippen LogP contribution in [0.5, 0.6) is 0 Å². The monoisotopic (exact) mass is 448 g/mol. The first-order chi connectivity index (χ1) is 14.6. The smallest absolute Gasteiger partial charge is 0.322 e. The number of carbonyl (C=O) groups is 2. The normalized spacial score (nSPS) is 13.5. The molecule has 0 spiro atoms. The average molecular weight is 449 g/mol. The van der Waals surface area contributed by atoms with Crippen LogP contribution in [-0.4, -0.2) is 21.6 Å². The van der Waals surface area contributed by atoms with Gasteiger partial charge in [-0.3, -0.25) is 14.3 Å². The Morgan fingerprint density at radius 2 is 1.90 bits per heavy atom. The summed E-state index contributed by atoms with van der Waals surface area (Å²) in [7, 11) is 1.31. The number of fused-ring (bicyclic) bond motifs is 1. The fourth-order valence-electron chi connectivity index (χ4n) is 3.44. The molecule has 0 fully saturated rings. The summed E-state index contributed by atoms with van der Waals surface area (Å²) in [6, 6.07) is 11.8. The van der Waals surface area contributed by atoms with Crippen molar-refractivity contribution in [3.63, 3.8) is 0 Å². The summed E-state index contributed by atoms with van der Waals surface area (Å²) in [5.41, 5.74) is 0.962. The molecule has 0 aliphatic carbocycles. The van der Waals surface area contributed by atoms with Crippen molar-refractivity contribution in [2.75, 3.05) is 10.2 Å². The Labute approximate surface area is 180 Å². The van der Waals surface area contributed by atoms with E-state index in [0.29, 0.717) is 23.7 Å². The van der Waals surface area contributed by atoms with Gasteiger partial charge in [0.2, 0.25) is 5.91 Å². The molecule has 4 rings (SSSR count). The van der Waals surface area contributed by atoms with Gasteiger partial charge in [-0.1, -0.05) is 29.8 Å². The van der Waals surface area contributed by atoms with E-state index in [1.54, 1.807) is 41.3 Å². The maximum Gasteiger partial charge on any atom is 0.435 e. The zero-order valence-corrected chi connectivity index (χ0v) is 17.0. The first-order valence-corrected chi connectivity index (χ1v) is 9.59. The molecular weight excluding hydrogens is 433 g/mol. The lowest BCUT2D eigenvalue weighted by Gasteiger charge is -2.18. The summed E-state index contributed by atoms with van der Waals surface area (Å²) in [6.45, 7) is 0.307. The number of alkyl halides is 3. The van der Waals surface area contributed by atoms with Gasteiger partial charge in [0, 0.05) is 29.6 Å². The standard InChI is InChI=1S/C21H16ClF3N4O2/c1-28-11-16(19(27-28)21(23,24)25)20(31)26-15-6-2-12(3-7-15)10-29-17-9-14(22)5-4-13(17)8-18(29)30/h2-7,9,11H,8,10H2,1H3,(H,26,31). The van der Waals surface area contributed by atoms with Crippen LogP contribution < -0.4 is 10.2 Å². The third-order valence-electron chi connectivity index (χ3n) is 4.88. The highest BCUT2D eigenvalue weighted by Crippen LogP contribution is 2.33. The van der Waals surface area contributed by atoms with E-state index < -0.39 is 23.3 Å². The zero-order valence-electron chi connectivity index (χ0n) is 16.2. The Morgan fingerprint density at radius 1 is 1.19 bits per heavy atom. The molecule has 0 radical (unpaired) electrons. The molecule has 10 heteroatoms. The Balaban J connectivity index is 1.48. The minimum atomic E-state index is -4.74. The molecule has 2 aromatic carbocycles. The number of aryl methyl sites for hydroxylation is 1. The van der Waals surface area contributed by atoms with Crippen molar-refractivity contribution in [1.82, 2.24) is 9.78 Å². The first-order valence-electron chi connectivity index (χ1n) is 9.22. The van der Waals surface area contributed by atoms with Crippen LogP contribution in [-0.2, 0) is 31.0 Å². The molecule has 6 nitrogen and oxygen atoms in total. The van der Waals surface area contributed by atoms with Gasteiger partial charge in [-0.05, 0) is 35.4 Å². The minimum Gasteiger partial charge on any atom is -0.322 e. The van der Waals surface area contributed by atoms with Gasteiger partial charge >= 0.3 is 6.18 Å². The summed E-state index contributed by atoms with van der Waals surface area (Å²) >= 11 is 6.05. The second-order valence-electron chi connectivity index (χ2n) is 7.14. The van der Waals surface area contributed by atoms with Gasteiger partial charge in [0.1, 0.15) is 0 Å². The summed E-state index contributed by atoms with van der Waals surface area (Å²) in [5, 5.41) is 6.31. The Kier molecular flexibility index (Phi) is 5.22. The Bertz CT molecular complexity index is 1170. The van der Waals surface area contributed by atoms with Gasteiger partial charge in [-0.2, -0.15) is 18.3 Å². The second-order valence-corrected chi connectivity index (χ2v) is 7.58. The van der Waals surface area contributed by atoms with Crippen molar-refractivity contribution < 1.29 is 22.8 Å². The van der Waals surface area contributed by atoms with E-state index in [0.717, 1.165) is 27.7 Å². The third-order valence-corrected chi connectivity index (χ3v) is 5.11. The lowest BCUT2D eigenvalue weighted by Crippen LogP contribution is -2.26. The zero-order chi connectivity index (χ0) is 22.3. The Hall–Kier alpha value is -3.33. The highest BCUT2D eigenvalue weighted by Gasteiger charge is 2.39. The topological polar surface area (TPSA) is 67.2 Å². The minimum absolute atomic E-state index is 0.0501. The van der Waals surface area contributed by atoms with E-state index in [4.69, 9.17) is 11.6 Å². The summed E-state index contributed by atoms with van der Waals surface area (Å²) < 4.78 is 40.2. The number of halogens is 4. The predicted octanol–water partition coefficient (Wildman–Crippen LogP) is 4.43. The van der Waals surface area contributed by atoms with Crippen molar-refractivity contribution >= 4 is 34.8 Å². The van der Waals surface area contributed by atoms with Crippen molar-refractivity contribution in [2.24, 2.45) is 7.05 Å². The van der Waals surface area contributed by atoms with E-state index in [9.17, 15) is 22.8 Å². The molecule has 0 unspecified atom stereocenters. The van der Waals surface area contributed by atoms with Crippen LogP contribution in [0.4, 0.5) is 24.5 Å². The maximum atomic E-state index is 13.1. The fourth-order valence-corrected chi connectivity index (χ4v) is 3.61. The lowest BCUT2D eigenvalue weighted by atomic mass is 10.1. The van der Waals surface area contributed by atoms with Gasteiger partial charge in [0.25, 0.3) is 5.91 Å². The third kappa shape index (κ3) is 4.27. The number of nitrogens with zero attached hydrogens (tertiary/aromatic N) is 3. The molecule has 0 bridgehead atoms. The van der Waals surface area contributed by atoms with Crippen LogP contribution in [0.2, 0.25) is 5.02 Å². The number of anilines is 2. The van der Waals surface area contributed by atoms with E-state index in [2.05, 4.69) is 10.4 Å². The number of hydrogen-bond donors (Lipinski definition) is 1. The van der Waals surface area contributed by atoms with E-state index in [1.807, 2.05) is 6.07 Å². The van der Waals surface area contributed by atoms with Gasteiger partial charge in [0.15, 0.2) is 5.69 Å². The van der Waals surface area contributed by atoms with E-state index in [-0.39, 0.29) is 5.91 Å². The number of hydrogen-bond acceptors (Lipinski definition) is 3. The molecule has 2 amide bonds. The average Bonchev–Trinajstić information content (AvgIpc) is 3.24. The van der Waals surface area contributed by atoms with Crippen molar-refractivity contribution in [2.45, 2.75) is 19.1 Å². The first kappa shape index (κ1) is 20.9. The van der Waals surface area contributed by atoms with Gasteiger partial charge in [-0.15, -0.1) is 0 Å². The molecule has 3 aromatic rings. The van der Waals surface area contributed by atoms with Crippen LogP contribution in [0, 0.1) is 0 Å². The van der Waals surface area contributed by atoms with Crippen molar-refractivity contribution in [1.29, 1.82) is 0 Å². The molecular formula is C21H16ClF3N4O2. The molecule has 31 heavy (non-hydrogen) atoms. The molecule has 1 aliphatic rings. The van der Waals surface area contributed by atoms with E-state index in [1.165, 1.54) is 7.05 Å². The number of amides is 2. The number of aromatic nitrogens is 2. The molecule has 2 heterocycles. The fraction of sp³-hybridized carbons (Fsp3) is 0.190. The molecule has 1 aromatic heterocycles. The summed E-state index contributed by atoms with van der Waals surface area (Å²) in [5.74, 6) is -0.961. The van der Waals surface area contributed by atoms with Gasteiger partial charge < -0.3 is 10.2 Å². The van der Waals surface area contributed by atoms with Crippen LogP contribution >= 0.6 is 11.6 Å². The number of benzene rings is 2. The van der Waals surface area contributed by atoms with Crippen LogP contribution in [0.15, 0.2) is 48.7 Å². The highest BCUT2D eigenvalue weighted by molar-refractivity contribution is 6.31. The summed E-state index contributed by atoms with van der Waals surface area (Å²) in [6.07, 6.45) is -3.42. The predicted molar refractivity (Wildman–Crippen MR) is 109 cm³/mol. The van der Waals surface area contributed by atoms with Crippen LogP contribution in [0.1, 0.15) is 27.2 Å². The number of rotatable bonds is 4. The second kappa shape index (κ2) is 7.73. The molecule has 1 aliphatic heterocycles. The van der Waals surface area contributed by atoms with Crippen molar-refractivity contribution in [3.8, 4) is 0 Å². The van der Waals surface area contributed by atoms with Gasteiger partial charge in [-0.25, -0.2) is 0 Å².